The second-order valence-corrected chi connectivity index (χ2v) is 7.05. The topological polar surface area (TPSA) is 70.5 Å². The molecule has 126 valence electrons. The molecule has 0 spiro atoms. The first-order valence-electron chi connectivity index (χ1n) is 8.06. The van der Waals surface area contributed by atoms with Crippen LogP contribution in [0.3, 0.4) is 0 Å². The normalized spacial score (nSPS) is 20.8. The summed E-state index contributed by atoms with van der Waals surface area (Å²) in [7, 11) is 0. The number of carboxylic acids is 1. The van der Waals surface area contributed by atoms with Crippen LogP contribution in [0, 0.1) is 5.92 Å². The van der Waals surface area contributed by atoms with Crippen LogP contribution in [-0.2, 0) is 16.0 Å². The molecule has 0 saturated carbocycles. The van der Waals surface area contributed by atoms with Gasteiger partial charge < -0.3 is 10.0 Å². The van der Waals surface area contributed by atoms with E-state index in [1.807, 2.05) is 42.6 Å². The summed E-state index contributed by atoms with van der Waals surface area (Å²) in [4.78, 5) is 30.0. The predicted octanol–water partition coefficient (Wildman–Crippen LogP) is 3.06. The van der Waals surface area contributed by atoms with Crippen molar-refractivity contribution in [3.63, 3.8) is 0 Å². The van der Waals surface area contributed by atoms with Gasteiger partial charge in [-0.3, -0.25) is 9.59 Å². The largest absolute Gasteiger partial charge is 0.481 e. The molecule has 1 aromatic carbocycles. The van der Waals surface area contributed by atoms with E-state index in [1.165, 1.54) is 11.3 Å². The maximum absolute atomic E-state index is 12.6. The van der Waals surface area contributed by atoms with E-state index < -0.39 is 11.9 Å². The lowest BCUT2D eigenvalue weighted by molar-refractivity contribution is -0.147. The van der Waals surface area contributed by atoms with E-state index in [0.29, 0.717) is 13.0 Å². The summed E-state index contributed by atoms with van der Waals surface area (Å²) in [5.41, 5.74) is 1.78. The zero-order chi connectivity index (χ0) is 17.1. The number of likely N-dealkylation sites (tertiary alicyclic amines) is 1. The van der Waals surface area contributed by atoms with Gasteiger partial charge in [-0.1, -0.05) is 30.3 Å². The van der Waals surface area contributed by atoms with Crippen molar-refractivity contribution in [2.75, 3.05) is 6.54 Å². The predicted molar refractivity (Wildman–Crippen MR) is 92.8 cm³/mol. The van der Waals surface area contributed by atoms with Crippen LogP contribution in [0.15, 0.2) is 35.7 Å². The van der Waals surface area contributed by atoms with Crippen molar-refractivity contribution in [3.05, 3.63) is 41.4 Å². The van der Waals surface area contributed by atoms with Crippen LogP contribution in [0.4, 0.5) is 0 Å². The van der Waals surface area contributed by atoms with Gasteiger partial charge in [0.2, 0.25) is 5.91 Å². The number of nitrogens with zero attached hydrogens (tertiary/aromatic N) is 2. The Morgan fingerprint density at radius 1 is 1.29 bits per heavy atom. The molecule has 0 radical (unpaired) electrons. The first-order valence-corrected chi connectivity index (χ1v) is 8.94. The molecule has 1 aromatic heterocycles. The van der Waals surface area contributed by atoms with Crippen molar-refractivity contribution < 1.29 is 14.7 Å². The molecule has 6 heteroatoms. The third-order valence-corrected chi connectivity index (χ3v) is 5.40. The molecule has 0 bridgehead atoms. The highest BCUT2D eigenvalue weighted by atomic mass is 32.1. The monoisotopic (exact) mass is 344 g/mol. The van der Waals surface area contributed by atoms with Crippen LogP contribution in [0.25, 0.3) is 10.6 Å². The van der Waals surface area contributed by atoms with Gasteiger partial charge >= 0.3 is 5.97 Å². The third kappa shape index (κ3) is 3.64. The van der Waals surface area contributed by atoms with Crippen molar-refractivity contribution in [1.29, 1.82) is 0 Å². The maximum atomic E-state index is 12.6. The van der Waals surface area contributed by atoms with E-state index >= 15 is 0 Å². The zero-order valence-electron chi connectivity index (χ0n) is 13.5. The molecule has 1 aliphatic rings. The Morgan fingerprint density at radius 2 is 2.04 bits per heavy atom. The molecule has 2 atom stereocenters. The minimum atomic E-state index is -0.820. The van der Waals surface area contributed by atoms with Crippen LogP contribution in [0.5, 0.6) is 0 Å². The van der Waals surface area contributed by atoms with E-state index in [1.54, 1.807) is 4.90 Å². The number of hydrogen-bond donors (Lipinski definition) is 1. The number of aromatic nitrogens is 1. The summed E-state index contributed by atoms with van der Waals surface area (Å²) in [5, 5.41) is 12.0. The second-order valence-electron chi connectivity index (χ2n) is 6.19. The van der Waals surface area contributed by atoms with E-state index in [9.17, 15) is 14.7 Å². The first-order chi connectivity index (χ1) is 11.5. The van der Waals surface area contributed by atoms with Gasteiger partial charge in [-0.25, -0.2) is 4.98 Å². The minimum absolute atomic E-state index is 0.0432. The number of carbonyl (C=O) groups is 2. The molecule has 1 aliphatic heterocycles. The summed E-state index contributed by atoms with van der Waals surface area (Å²) in [6, 6.07) is 9.95. The summed E-state index contributed by atoms with van der Waals surface area (Å²) in [5.74, 6) is -1.32. The van der Waals surface area contributed by atoms with Gasteiger partial charge in [0, 0.05) is 23.5 Å². The Morgan fingerprint density at radius 3 is 2.75 bits per heavy atom. The van der Waals surface area contributed by atoms with Gasteiger partial charge in [0.05, 0.1) is 18.0 Å². The Labute approximate surface area is 145 Å². The number of thiazole rings is 1. The molecule has 1 amide bonds. The average Bonchev–Trinajstić information content (AvgIpc) is 3.04. The van der Waals surface area contributed by atoms with Crippen molar-refractivity contribution in [2.45, 2.75) is 32.2 Å². The molecule has 0 unspecified atom stereocenters. The van der Waals surface area contributed by atoms with E-state index in [0.717, 1.165) is 22.7 Å². The molecule has 1 fully saturated rings. The number of aliphatic carboxylic acids is 1. The van der Waals surface area contributed by atoms with Gasteiger partial charge in [0.25, 0.3) is 0 Å². The quantitative estimate of drug-likeness (QED) is 0.925. The van der Waals surface area contributed by atoms with Crippen LogP contribution >= 0.6 is 11.3 Å². The fraction of sp³-hybridized carbons (Fsp3) is 0.389. The van der Waals surface area contributed by atoms with Crippen LogP contribution in [0.1, 0.15) is 25.5 Å². The number of piperidine rings is 1. The lowest BCUT2D eigenvalue weighted by Crippen LogP contribution is -2.47. The van der Waals surface area contributed by atoms with Gasteiger partial charge in [0.1, 0.15) is 5.01 Å². The Bertz CT molecular complexity index is 729. The zero-order valence-corrected chi connectivity index (χ0v) is 14.3. The van der Waals surface area contributed by atoms with Crippen LogP contribution in [-0.4, -0.2) is 39.5 Å². The van der Waals surface area contributed by atoms with Gasteiger partial charge in [0.15, 0.2) is 0 Å². The molecule has 2 aromatic rings. The Balaban J connectivity index is 1.68. The van der Waals surface area contributed by atoms with Crippen molar-refractivity contribution in [2.24, 2.45) is 5.92 Å². The van der Waals surface area contributed by atoms with Crippen LogP contribution in [0.2, 0.25) is 0 Å². The highest BCUT2D eigenvalue weighted by Crippen LogP contribution is 2.25. The van der Waals surface area contributed by atoms with Gasteiger partial charge in [-0.05, 0) is 19.8 Å². The van der Waals surface area contributed by atoms with Crippen molar-refractivity contribution in [1.82, 2.24) is 9.88 Å². The minimum Gasteiger partial charge on any atom is -0.481 e. The number of benzene rings is 1. The SMILES string of the molecule is C[C@H]1CC[C@H](C(=O)O)CN1C(=O)Cc1csc(-c2ccccc2)n1. The molecule has 1 N–H and O–H groups in total. The average molecular weight is 344 g/mol. The highest BCUT2D eigenvalue weighted by Gasteiger charge is 2.32. The Hall–Kier alpha value is -2.21. The van der Waals surface area contributed by atoms with Crippen LogP contribution < -0.4 is 0 Å². The molecule has 5 nitrogen and oxygen atoms in total. The molecular weight excluding hydrogens is 324 g/mol. The standard InChI is InChI=1S/C18H20N2O3S/c1-12-7-8-14(18(22)23)10-20(12)16(21)9-15-11-24-17(19-15)13-5-3-2-4-6-13/h2-6,11-12,14H,7-10H2,1H3,(H,22,23)/t12-,14-/m0/s1. The number of amides is 1. The maximum Gasteiger partial charge on any atom is 0.308 e. The number of carboxylic acid groups (broad SMARTS) is 1. The summed E-state index contributed by atoms with van der Waals surface area (Å²) >= 11 is 1.52. The lowest BCUT2D eigenvalue weighted by Gasteiger charge is -2.36. The highest BCUT2D eigenvalue weighted by molar-refractivity contribution is 7.13. The lowest BCUT2D eigenvalue weighted by atomic mass is 9.93. The molecule has 2 heterocycles. The van der Waals surface area contributed by atoms with Crippen molar-refractivity contribution in [3.8, 4) is 10.6 Å². The molecular formula is C18H20N2O3S. The Kier molecular flexibility index (Phi) is 4.94. The summed E-state index contributed by atoms with van der Waals surface area (Å²) < 4.78 is 0. The molecule has 3 rings (SSSR count). The van der Waals surface area contributed by atoms with Gasteiger partial charge in [-0.15, -0.1) is 11.3 Å². The smallest absolute Gasteiger partial charge is 0.308 e. The van der Waals surface area contributed by atoms with E-state index in [4.69, 9.17) is 0 Å². The number of rotatable bonds is 4. The fourth-order valence-electron chi connectivity index (χ4n) is 3.01. The third-order valence-electron chi connectivity index (χ3n) is 4.46. The van der Waals surface area contributed by atoms with E-state index in [2.05, 4.69) is 4.98 Å². The first kappa shape index (κ1) is 16.6. The van der Waals surface area contributed by atoms with E-state index in [-0.39, 0.29) is 18.4 Å². The van der Waals surface area contributed by atoms with Gasteiger partial charge in [-0.2, -0.15) is 0 Å². The molecule has 1 saturated heterocycles. The van der Waals surface area contributed by atoms with Crippen molar-refractivity contribution >= 4 is 23.2 Å². The summed E-state index contributed by atoms with van der Waals surface area (Å²) in [6.45, 7) is 2.28. The number of hydrogen-bond acceptors (Lipinski definition) is 4. The molecule has 0 aliphatic carbocycles. The molecule has 24 heavy (non-hydrogen) atoms. The number of carbonyl (C=O) groups excluding carboxylic acids is 1. The second kappa shape index (κ2) is 7.13. The fourth-order valence-corrected chi connectivity index (χ4v) is 3.84. The summed E-state index contributed by atoms with van der Waals surface area (Å²) in [6.07, 6.45) is 1.59.